The van der Waals surface area contributed by atoms with Crippen molar-refractivity contribution in [2.45, 2.75) is 19.3 Å². The number of hydrogen-bond acceptors (Lipinski definition) is 5. The Morgan fingerprint density at radius 1 is 1.00 bits per heavy atom. The minimum atomic E-state index is -0.168. The van der Waals surface area contributed by atoms with Gasteiger partial charge in [0.2, 0.25) is 5.95 Å². The fourth-order valence-corrected chi connectivity index (χ4v) is 3.92. The maximum atomic E-state index is 13.8. The zero-order valence-corrected chi connectivity index (χ0v) is 18.4. The van der Waals surface area contributed by atoms with E-state index in [4.69, 9.17) is 11.6 Å². The van der Waals surface area contributed by atoms with Crippen LogP contribution in [0.25, 0.3) is 0 Å². The monoisotopic (exact) mass is 439 g/mol. The first-order chi connectivity index (χ1) is 15.1. The van der Waals surface area contributed by atoms with E-state index in [1.807, 2.05) is 24.3 Å². The first-order valence-corrected chi connectivity index (χ1v) is 11.0. The molecule has 0 atom stereocenters. The number of nitrogens with one attached hydrogen (secondary N) is 1. The van der Waals surface area contributed by atoms with Crippen LogP contribution in [0.1, 0.15) is 17.7 Å². The van der Waals surface area contributed by atoms with E-state index in [-0.39, 0.29) is 5.82 Å². The molecule has 1 saturated heterocycles. The van der Waals surface area contributed by atoms with Crippen LogP contribution in [-0.4, -0.2) is 48.1 Å². The highest BCUT2D eigenvalue weighted by molar-refractivity contribution is 6.31. The average molecular weight is 440 g/mol. The molecule has 0 amide bonds. The Bertz CT molecular complexity index is 1000. The second kappa shape index (κ2) is 10.1. The van der Waals surface area contributed by atoms with Gasteiger partial charge in [-0.25, -0.2) is 14.4 Å². The Labute approximate surface area is 187 Å². The molecule has 1 aliphatic heterocycles. The smallest absolute Gasteiger partial charge is 0.227 e. The molecule has 1 aliphatic rings. The lowest BCUT2D eigenvalue weighted by atomic mass is 10.1. The summed E-state index contributed by atoms with van der Waals surface area (Å²) in [5.74, 6) is 0.344. The largest absolute Gasteiger partial charge is 0.369 e. The first-order valence-electron chi connectivity index (χ1n) is 10.6. The lowest BCUT2D eigenvalue weighted by Gasteiger charge is -2.34. The normalized spacial score (nSPS) is 14.6. The van der Waals surface area contributed by atoms with E-state index >= 15 is 0 Å². The number of aromatic nitrogens is 2. The van der Waals surface area contributed by atoms with Gasteiger partial charge in [-0.05, 0) is 62.2 Å². The number of hydrogen-bond donors (Lipinski definition) is 1. The molecule has 1 aromatic heterocycles. The zero-order valence-electron chi connectivity index (χ0n) is 17.7. The summed E-state index contributed by atoms with van der Waals surface area (Å²) in [7, 11) is 2.16. The highest BCUT2D eigenvalue weighted by Gasteiger charge is 2.14. The number of nitrogens with zero attached hydrogens (tertiary/aromatic N) is 4. The highest BCUT2D eigenvalue weighted by atomic mass is 35.5. The van der Waals surface area contributed by atoms with E-state index in [0.29, 0.717) is 29.4 Å². The van der Waals surface area contributed by atoms with Gasteiger partial charge in [0.25, 0.3) is 0 Å². The van der Waals surface area contributed by atoms with Crippen LogP contribution in [0.3, 0.4) is 0 Å². The third kappa shape index (κ3) is 5.71. The average Bonchev–Trinajstić information content (AvgIpc) is 2.78. The second-order valence-corrected chi connectivity index (χ2v) is 8.30. The van der Waals surface area contributed by atoms with Crippen molar-refractivity contribution in [2.24, 2.45) is 0 Å². The molecule has 2 heterocycles. The van der Waals surface area contributed by atoms with Crippen molar-refractivity contribution in [3.05, 3.63) is 76.8 Å². The zero-order chi connectivity index (χ0) is 21.6. The van der Waals surface area contributed by atoms with E-state index < -0.39 is 0 Å². The van der Waals surface area contributed by atoms with Crippen LogP contribution >= 0.6 is 11.6 Å². The van der Waals surface area contributed by atoms with Crippen LogP contribution in [-0.2, 0) is 12.8 Å². The fourth-order valence-electron chi connectivity index (χ4n) is 3.73. The van der Waals surface area contributed by atoms with Gasteiger partial charge in [0.1, 0.15) is 5.82 Å². The molecule has 0 saturated carbocycles. The van der Waals surface area contributed by atoms with Gasteiger partial charge in [-0.1, -0.05) is 29.8 Å². The Hall–Kier alpha value is -2.70. The van der Waals surface area contributed by atoms with Gasteiger partial charge in [0, 0.05) is 37.6 Å². The van der Waals surface area contributed by atoms with Gasteiger partial charge >= 0.3 is 0 Å². The highest BCUT2D eigenvalue weighted by Crippen LogP contribution is 2.23. The van der Waals surface area contributed by atoms with Crippen LogP contribution in [0.15, 0.2) is 54.7 Å². The molecule has 0 spiro atoms. The lowest BCUT2D eigenvalue weighted by molar-refractivity contribution is 0.313. The third-order valence-electron chi connectivity index (χ3n) is 5.63. The van der Waals surface area contributed by atoms with Crippen molar-refractivity contribution in [3.8, 4) is 0 Å². The molecule has 4 rings (SSSR count). The molecule has 3 aromatic rings. The predicted molar refractivity (Wildman–Crippen MR) is 125 cm³/mol. The summed E-state index contributed by atoms with van der Waals surface area (Å²) in [6, 6.07) is 15.2. The summed E-state index contributed by atoms with van der Waals surface area (Å²) in [5, 5.41) is 3.79. The van der Waals surface area contributed by atoms with Crippen molar-refractivity contribution < 1.29 is 4.39 Å². The number of rotatable bonds is 7. The van der Waals surface area contributed by atoms with Crippen LogP contribution in [0, 0.1) is 5.82 Å². The molecule has 0 unspecified atom stereocenters. The molecular formula is C24H27ClFN5. The third-order valence-corrected chi connectivity index (χ3v) is 5.94. The van der Waals surface area contributed by atoms with Crippen molar-refractivity contribution >= 4 is 28.9 Å². The van der Waals surface area contributed by atoms with E-state index in [1.165, 1.54) is 11.8 Å². The molecule has 2 aromatic carbocycles. The van der Waals surface area contributed by atoms with Crippen LogP contribution in [0.2, 0.25) is 5.02 Å². The molecule has 162 valence electrons. The predicted octanol–water partition coefficient (Wildman–Crippen LogP) is 4.94. The topological polar surface area (TPSA) is 44.3 Å². The number of piperazine rings is 1. The molecule has 0 bridgehead atoms. The van der Waals surface area contributed by atoms with Gasteiger partial charge in [0.15, 0.2) is 0 Å². The van der Waals surface area contributed by atoms with Gasteiger partial charge in [-0.3, -0.25) is 0 Å². The van der Waals surface area contributed by atoms with Crippen molar-refractivity contribution in [3.63, 3.8) is 0 Å². The molecule has 7 heteroatoms. The van der Waals surface area contributed by atoms with E-state index in [1.54, 1.807) is 12.3 Å². The van der Waals surface area contributed by atoms with Crippen molar-refractivity contribution in [1.29, 1.82) is 0 Å². The lowest BCUT2D eigenvalue weighted by Crippen LogP contribution is -2.44. The Morgan fingerprint density at radius 3 is 2.48 bits per heavy atom. The Balaban J connectivity index is 1.36. The maximum absolute atomic E-state index is 13.8. The SMILES string of the molecule is CN1CCN(c2ccc(Nc3ncc(Cl)c(CCCc4ccccc4F)n3)cc2)CC1. The minimum absolute atomic E-state index is 0.168. The van der Waals surface area contributed by atoms with Crippen LogP contribution in [0.5, 0.6) is 0 Å². The van der Waals surface area contributed by atoms with Gasteiger partial charge in [-0.2, -0.15) is 0 Å². The first kappa shape index (κ1) is 21.5. The van der Waals surface area contributed by atoms with Crippen molar-refractivity contribution in [1.82, 2.24) is 14.9 Å². The summed E-state index contributed by atoms with van der Waals surface area (Å²) >= 11 is 6.29. The Morgan fingerprint density at radius 2 is 1.74 bits per heavy atom. The number of halogens is 2. The van der Waals surface area contributed by atoms with Crippen LogP contribution in [0.4, 0.5) is 21.7 Å². The summed E-state index contributed by atoms with van der Waals surface area (Å²) in [5.41, 5.74) is 3.64. The van der Waals surface area contributed by atoms with E-state index in [0.717, 1.165) is 44.0 Å². The van der Waals surface area contributed by atoms with Crippen LogP contribution < -0.4 is 10.2 Å². The van der Waals surface area contributed by atoms with E-state index in [2.05, 4.69) is 44.3 Å². The molecule has 5 nitrogen and oxygen atoms in total. The van der Waals surface area contributed by atoms with Gasteiger partial charge in [0.05, 0.1) is 16.9 Å². The summed E-state index contributed by atoms with van der Waals surface area (Å²) in [6.45, 7) is 4.25. The van der Waals surface area contributed by atoms with E-state index in [9.17, 15) is 4.39 Å². The van der Waals surface area contributed by atoms with Gasteiger partial charge in [-0.15, -0.1) is 0 Å². The molecule has 0 aliphatic carbocycles. The number of anilines is 3. The molecule has 31 heavy (non-hydrogen) atoms. The quantitative estimate of drug-likeness (QED) is 0.565. The minimum Gasteiger partial charge on any atom is -0.369 e. The second-order valence-electron chi connectivity index (χ2n) is 7.90. The standard InChI is InChI=1S/C24H27ClFN5/c1-30-13-15-31(16-14-30)20-11-9-19(10-12-20)28-24-27-17-21(25)23(29-24)8-4-6-18-5-2-3-7-22(18)26/h2-3,5,7,9-12,17H,4,6,8,13-16H2,1H3,(H,27,28,29). The molecular weight excluding hydrogens is 413 g/mol. The number of benzene rings is 2. The molecule has 0 radical (unpaired) electrons. The number of likely N-dealkylation sites (N-methyl/N-ethyl adjacent to an activating group) is 1. The molecule has 1 N–H and O–H groups in total. The summed E-state index contributed by atoms with van der Waals surface area (Å²) < 4.78 is 13.8. The molecule has 1 fully saturated rings. The Kier molecular flexibility index (Phi) is 6.99. The summed E-state index contributed by atoms with van der Waals surface area (Å²) in [4.78, 5) is 13.6. The van der Waals surface area contributed by atoms with Crippen molar-refractivity contribution in [2.75, 3.05) is 43.4 Å². The summed E-state index contributed by atoms with van der Waals surface area (Å²) in [6.07, 6.45) is 3.68. The maximum Gasteiger partial charge on any atom is 0.227 e. The fraction of sp³-hybridized carbons (Fsp3) is 0.333. The van der Waals surface area contributed by atoms with Gasteiger partial charge < -0.3 is 15.1 Å². The number of aryl methyl sites for hydroxylation is 2.